The number of hydrogen-bond acceptors (Lipinski definition) is 6. The van der Waals surface area contributed by atoms with E-state index in [9.17, 15) is 0 Å². The van der Waals surface area contributed by atoms with Gasteiger partial charge in [0.25, 0.3) is 0 Å². The van der Waals surface area contributed by atoms with Crippen molar-refractivity contribution >= 4 is 29.1 Å². The molecule has 2 aromatic rings. The number of thioether (sulfide) groups is 1. The van der Waals surface area contributed by atoms with E-state index in [0.717, 1.165) is 5.69 Å². The number of anilines is 3. The highest BCUT2D eigenvalue weighted by Crippen LogP contribution is 2.21. The molecule has 0 fully saturated rings. The first-order valence-electron chi connectivity index (χ1n) is 5.01. The summed E-state index contributed by atoms with van der Waals surface area (Å²) in [4.78, 5) is 9.25. The van der Waals surface area contributed by atoms with E-state index in [0.29, 0.717) is 11.6 Å². The van der Waals surface area contributed by atoms with Gasteiger partial charge in [-0.25, -0.2) is 15.8 Å². The van der Waals surface area contributed by atoms with Gasteiger partial charge in [0, 0.05) is 16.6 Å². The fraction of sp³-hybridized carbons (Fsp3) is 0.0909. The zero-order chi connectivity index (χ0) is 12.1. The van der Waals surface area contributed by atoms with Crippen LogP contribution in [-0.4, -0.2) is 16.2 Å². The molecule has 1 aromatic heterocycles. The fourth-order valence-corrected chi connectivity index (χ4v) is 1.81. The minimum absolute atomic E-state index is 0.573. The topological polar surface area (TPSA) is 75.9 Å². The van der Waals surface area contributed by atoms with Crippen molar-refractivity contribution in [2.45, 2.75) is 4.90 Å². The van der Waals surface area contributed by atoms with E-state index in [4.69, 9.17) is 5.84 Å². The molecule has 1 heterocycles. The molecule has 0 atom stereocenters. The normalized spacial score (nSPS) is 10.0. The molecule has 0 saturated carbocycles. The molecule has 0 spiro atoms. The van der Waals surface area contributed by atoms with Crippen LogP contribution in [0.1, 0.15) is 0 Å². The van der Waals surface area contributed by atoms with Gasteiger partial charge in [0.15, 0.2) is 0 Å². The number of hydrazine groups is 1. The van der Waals surface area contributed by atoms with Crippen molar-refractivity contribution < 1.29 is 0 Å². The van der Waals surface area contributed by atoms with Crippen molar-refractivity contribution in [2.75, 3.05) is 17.0 Å². The van der Waals surface area contributed by atoms with Crippen molar-refractivity contribution in [2.24, 2.45) is 5.84 Å². The molecule has 1 aromatic carbocycles. The molecule has 0 aliphatic carbocycles. The average Bonchev–Trinajstić information content (AvgIpc) is 2.39. The number of rotatable bonds is 4. The summed E-state index contributed by atoms with van der Waals surface area (Å²) in [6.45, 7) is 0. The summed E-state index contributed by atoms with van der Waals surface area (Å²) in [7, 11) is 0. The summed E-state index contributed by atoms with van der Waals surface area (Å²) in [6.07, 6.45) is 3.50. The lowest BCUT2D eigenvalue weighted by molar-refractivity contribution is 1.14. The first-order chi connectivity index (χ1) is 8.31. The fourth-order valence-electron chi connectivity index (χ4n) is 1.35. The van der Waals surface area contributed by atoms with Crippen LogP contribution in [0.5, 0.6) is 0 Å². The van der Waals surface area contributed by atoms with Gasteiger partial charge in [-0.2, -0.15) is 0 Å². The predicted molar refractivity (Wildman–Crippen MR) is 71.3 cm³/mol. The van der Waals surface area contributed by atoms with Crippen molar-refractivity contribution in [3.63, 3.8) is 0 Å². The molecule has 88 valence electrons. The number of benzene rings is 1. The quantitative estimate of drug-likeness (QED) is 0.437. The molecule has 17 heavy (non-hydrogen) atoms. The molecule has 0 aliphatic heterocycles. The average molecular weight is 247 g/mol. The van der Waals surface area contributed by atoms with E-state index < -0.39 is 0 Å². The van der Waals surface area contributed by atoms with Crippen molar-refractivity contribution in [3.8, 4) is 0 Å². The van der Waals surface area contributed by atoms with Crippen molar-refractivity contribution in [3.05, 3.63) is 36.7 Å². The highest BCUT2D eigenvalue weighted by Gasteiger charge is 1.99. The van der Waals surface area contributed by atoms with Gasteiger partial charge in [0.05, 0.1) is 0 Å². The van der Waals surface area contributed by atoms with Gasteiger partial charge in [-0.05, 0) is 24.5 Å². The van der Waals surface area contributed by atoms with E-state index >= 15 is 0 Å². The molecule has 0 saturated heterocycles. The first-order valence-corrected chi connectivity index (χ1v) is 6.24. The van der Waals surface area contributed by atoms with Gasteiger partial charge in [-0.1, -0.05) is 6.07 Å². The maximum Gasteiger partial charge on any atom is 0.145 e. The Labute approximate surface area is 104 Å². The van der Waals surface area contributed by atoms with E-state index in [1.165, 1.54) is 11.2 Å². The van der Waals surface area contributed by atoms with Crippen LogP contribution in [0.4, 0.5) is 17.3 Å². The van der Waals surface area contributed by atoms with Crippen LogP contribution in [0.15, 0.2) is 41.6 Å². The minimum Gasteiger partial charge on any atom is -0.340 e. The summed E-state index contributed by atoms with van der Waals surface area (Å²) in [5.41, 5.74) is 3.47. The van der Waals surface area contributed by atoms with Gasteiger partial charge in [-0.15, -0.1) is 11.8 Å². The summed E-state index contributed by atoms with van der Waals surface area (Å²) < 4.78 is 0. The Bertz CT molecular complexity index is 457. The van der Waals surface area contributed by atoms with Crippen LogP contribution < -0.4 is 16.6 Å². The zero-order valence-electron chi connectivity index (χ0n) is 9.34. The highest BCUT2D eigenvalue weighted by atomic mass is 32.2. The van der Waals surface area contributed by atoms with Gasteiger partial charge in [0.1, 0.15) is 18.0 Å². The van der Waals surface area contributed by atoms with E-state index in [1.807, 2.05) is 18.4 Å². The molecule has 5 nitrogen and oxygen atoms in total. The summed E-state index contributed by atoms with van der Waals surface area (Å²) >= 11 is 1.70. The largest absolute Gasteiger partial charge is 0.340 e. The standard InChI is InChI=1S/C11H13N5S/c1-17-9-4-2-3-8(5-9)15-10-6-11(16-12)14-7-13-10/h2-7H,12H2,1H3,(H2,13,14,15,16). The summed E-state index contributed by atoms with van der Waals surface area (Å²) in [6, 6.07) is 9.84. The third kappa shape index (κ3) is 3.08. The highest BCUT2D eigenvalue weighted by molar-refractivity contribution is 7.98. The Morgan fingerprint density at radius 3 is 2.76 bits per heavy atom. The number of nitrogens with one attached hydrogen (secondary N) is 2. The molecule has 0 unspecified atom stereocenters. The van der Waals surface area contributed by atoms with E-state index in [-0.39, 0.29) is 0 Å². The monoisotopic (exact) mass is 247 g/mol. The maximum absolute atomic E-state index is 5.29. The lowest BCUT2D eigenvalue weighted by atomic mass is 10.3. The van der Waals surface area contributed by atoms with Gasteiger partial charge >= 0.3 is 0 Å². The van der Waals surface area contributed by atoms with Crippen LogP contribution in [-0.2, 0) is 0 Å². The van der Waals surface area contributed by atoms with Crippen molar-refractivity contribution in [1.29, 1.82) is 0 Å². The minimum atomic E-state index is 0.573. The van der Waals surface area contributed by atoms with E-state index in [1.54, 1.807) is 17.8 Å². The molecule has 0 aliphatic rings. The first kappa shape index (κ1) is 11.7. The third-order valence-corrected chi connectivity index (χ3v) is 2.88. The lowest BCUT2D eigenvalue weighted by Gasteiger charge is -2.07. The molecule has 0 bridgehead atoms. The van der Waals surface area contributed by atoms with Gasteiger partial charge < -0.3 is 10.7 Å². The SMILES string of the molecule is CSc1cccc(Nc2cc(NN)ncn2)c1. The Morgan fingerprint density at radius 2 is 2.00 bits per heavy atom. The second kappa shape index (κ2) is 5.51. The number of nitrogens with two attached hydrogens (primary N) is 1. The Kier molecular flexibility index (Phi) is 3.79. The molecule has 0 amide bonds. The molecular weight excluding hydrogens is 234 g/mol. The van der Waals surface area contributed by atoms with Gasteiger partial charge in [0.2, 0.25) is 0 Å². The predicted octanol–water partition coefficient (Wildman–Crippen LogP) is 2.23. The molecule has 6 heteroatoms. The smallest absolute Gasteiger partial charge is 0.145 e. The Balaban J connectivity index is 2.18. The van der Waals surface area contributed by atoms with Crippen LogP contribution in [0, 0.1) is 0 Å². The number of nitrogens with zero attached hydrogens (tertiary/aromatic N) is 2. The number of nitrogen functional groups attached to an aromatic ring is 1. The van der Waals surface area contributed by atoms with Crippen LogP contribution in [0.3, 0.4) is 0 Å². The molecular formula is C11H13N5S. The van der Waals surface area contributed by atoms with Crippen molar-refractivity contribution in [1.82, 2.24) is 9.97 Å². The van der Waals surface area contributed by atoms with Crippen LogP contribution >= 0.6 is 11.8 Å². The summed E-state index contributed by atoms with van der Waals surface area (Å²) in [5.74, 6) is 6.56. The second-order valence-corrected chi connectivity index (χ2v) is 4.17. The van der Waals surface area contributed by atoms with Crippen LogP contribution in [0.2, 0.25) is 0 Å². The maximum atomic E-state index is 5.29. The molecule has 0 radical (unpaired) electrons. The molecule has 4 N–H and O–H groups in total. The van der Waals surface area contributed by atoms with Gasteiger partial charge in [-0.3, -0.25) is 0 Å². The third-order valence-electron chi connectivity index (χ3n) is 2.16. The van der Waals surface area contributed by atoms with Crippen LogP contribution in [0.25, 0.3) is 0 Å². The second-order valence-electron chi connectivity index (χ2n) is 3.29. The number of aromatic nitrogens is 2. The Hall–Kier alpha value is -1.79. The summed E-state index contributed by atoms with van der Waals surface area (Å²) in [5, 5.41) is 3.19. The number of hydrogen-bond donors (Lipinski definition) is 3. The zero-order valence-corrected chi connectivity index (χ0v) is 10.2. The lowest BCUT2D eigenvalue weighted by Crippen LogP contribution is -2.09. The Morgan fingerprint density at radius 1 is 1.18 bits per heavy atom. The molecule has 2 rings (SSSR count). The van der Waals surface area contributed by atoms with E-state index in [2.05, 4.69) is 32.8 Å².